The average molecular weight is 380 g/mol. The predicted molar refractivity (Wildman–Crippen MR) is 108 cm³/mol. The fourth-order valence-electron chi connectivity index (χ4n) is 4.91. The fraction of sp³-hybridized carbons (Fsp3) is 0.522. The van der Waals surface area contributed by atoms with E-state index in [9.17, 15) is 14.4 Å². The number of imide groups is 1. The molecule has 4 rings (SSSR count). The molecule has 0 N–H and O–H groups in total. The van der Waals surface area contributed by atoms with E-state index in [2.05, 4.69) is 6.08 Å². The number of hydrogen-bond acceptors (Lipinski definition) is 3. The highest BCUT2D eigenvalue weighted by atomic mass is 16.2. The van der Waals surface area contributed by atoms with Gasteiger partial charge in [-0.3, -0.25) is 19.3 Å². The normalized spacial score (nSPS) is 25.5. The van der Waals surface area contributed by atoms with Crippen LogP contribution >= 0.6 is 0 Å². The van der Waals surface area contributed by atoms with Gasteiger partial charge in [0, 0.05) is 18.7 Å². The molecule has 1 heterocycles. The SMILES string of the molecule is CC1=CC[C@@H]2C(=O)N(c3cccc(C(=O)N(C)C4CCCCC4)c3)C(=O)[C@@H]2C1. The second-order valence-corrected chi connectivity index (χ2v) is 8.47. The highest BCUT2D eigenvalue weighted by molar-refractivity contribution is 6.22. The van der Waals surface area contributed by atoms with Crippen LogP contribution in [0.2, 0.25) is 0 Å². The first kappa shape index (κ1) is 18.9. The van der Waals surface area contributed by atoms with Crippen molar-refractivity contribution >= 4 is 23.4 Å². The summed E-state index contributed by atoms with van der Waals surface area (Å²) in [5, 5.41) is 0. The number of rotatable bonds is 3. The number of nitrogens with zero attached hydrogens (tertiary/aromatic N) is 2. The van der Waals surface area contributed by atoms with Gasteiger partial charge in [-0.05, 0) is 50.8 Å². The van der Waals surface area contributed by atoms with Crippen molar-refractivity contribution in [3.05, 3.63) is 41.5 Å². The van der Waals surface area contributed by atoms with Crippen molar-refractivity contribution in [2.24, 2.45) is 11.8 Å². The zero-order chi connectivity index (χ0) is 19.8. The van der Waals surface area contributed by atoms with Gasteiger partial charge in [-0.1, -0.05) is 37.0 Å². The molecule has 3 aliphatic rings. The molecule has 3 amide bonds. The molecule has 2 aliphatic carbocycles. The Labute approximate surface area is 166 Å². The van der Waals surface area contributed by atoms with E-state index in [1.165, 1.54) is 16.9 Å². The molecule has 0 bridgehead atoms. The molecule has 0 spiro atoms. The Bertz CT molecular complexity index is 838. The molecule has 0 aromatic heterocycles. The van der Waals surface area contributed by atoms with Crippen LogP contribution in [0.25, 0.3) is 0 Å². The summed E-state index contributed by atoms with van der Waals surface area (Å²) in [5.74, 6) is -0.832. The molecule has 0 unspecified atom stereocenters. The molecule has 2 fully saturated rings. The molecule has 1 aliphatic heterocycles. The van der Waals surface area contributed by atoms with Gasteiger partial charge >= 0.3 is 0 Å². The van der Waals surface area contributed by atoms with Gasteiger partial charge in [0.15, 0.2) is 0 Å². The van der Waals surface area contributed by atoms with Crippen LogP contribution in [0.4, 0.5) is 5.69 Å². The first-order chi connectivity index (χ1) is 13.5. The van der Waals surface area contributed by atoms with Gasteiger partial charge < -0.3 is 4.90 Å². The molecular weight excluding hydrogens is 352 g/mol. The van der Waals surface area contributed by atoms with E-state index in [1.54, 1.807) is 24.3 Å². The first-order valence-corrected chi connectivity index (χ1v) is 10.4. The Hall–Kier alpha value is -2.43. The van der Waals surface area contributed by atoms with Crippen molar-refractivity contribution in [3.63, 3.8) is 0 Å². The summed E-state index contributed by atoms with van der Waals surface area (Å²) >= 11 is 0. The molecule has 2 atom stereocenters. The van der Waals surface area contributed by atoms with Gasteiger partial charge in [-0.2, -0.15) is 0 Å². The molecule has 28 heavy (non-hydrogen) atoms. The lowest BCUT2D eigenvalue weighted by atomic mass is 9.82. The van der Waals surface area contributed by atoms with Crippen molar-refractivity contribution in [1.29, 1.82) is 0 Å². The molecule has 1 saturated carbocycles. The van der Waals surface area contributed by atoms with Crippen LogP contribution in [0.5, 0.6) is 0 Å². The van der Waals surface area contributed by atoms with Crippen molar-refractivity contribution in [3.8, 4) is 0 Å². The summed E-state index contributed by atoms with van der Waals surface area (Å²) in [5.41, 5.74) is 2.22. The quantitative estimate of drug-likeness (QED) is 0.590. The Morgan fingerprint density at radius 3 is 2.54 bits per heavy atom. The van der Waals surface area contributed by atoms with Crippen LogP contribution in [-0.2, 0) is 9.59 Å². The van der Waals surface area contributed by atoms with E-state index in [4.69, 9.17) is 0 Å². The first-order valence-electron chi connectivity index (χ1n) is 10.4. The van der Waals surface area contributed by atoms with Crippen molar-refractivity contribution < 1.29 is 14.4 Å². The molecule has 5 heteroatoms. The molecule has 5 nitrogen and oxygen atoms in total. The summed E-state index contributed by atoms with van der Waals surface area (Å²) in [6.07, 6.45) is 8.99. The molecule has 1 saturated heterocycles. The average Bonchev–Trinajstić information content (AvgIpc) is 2.97. The van der Waals surface area contributed by atoms with Crippen LogP contribution in [-0.4, -0.2) is 35.7 Å². The molecule has 1 aromatic rings. The third-order valence-corrected chi connectivity index (χ3v) is 6.62. The zero-order valence-corrected chi connectivity index (χ0v) is 16.7. The number of carbonyl (C=O) groups is 3. The number of anilines is 1. The zero-order valence-electron chi connectivity index (χ0n) is 16.7. The van der Waals surface area contributed by atoms with E-state index in [1.807, 2.05) is 18.9 Å². The van der Waals surface area contributed by atoms with E-state index >= 15 is 0 Å². The smallest absolute Gasteiger partial charge is 0.253 e. The van der Waals surface area contributed by atoms with Crippen LogP contribution < -0.4 is 4.90 Å². The van der Waals surface area contributed by atoms with Gasteiger partial charge in [-0.25, -0.2) is 0 Å². The number of benzene rings is 1. The topological polar surface area (TPSA) is 57.7 Å². The minimum Gasteiger partial charge on any atom is -0.339 e. The number of fused-ring (bicyclic) bond motifs is 1. The van der Waals surface area contributed by atoms with Crippen LogP contribution in [0.1, 0.15) is 62.2 Å². The van der Waals surface area contributed by atoms with Crippen molar-refractivity contribution in [2.45, 2.75) is 57.9 Å². The summed E-state index contributed by atoms with van der Waals surface area (Å²) in [4.78, 5) is 42.0. The maximum Gasteiger partial charge on any atom is 0.253 e. The third-order valence-electron chi connectivity index (χ3n) is 6.62. The van der Waals surface area contributed by atoms with Gasteiger partial charge in [0.1, 0.15) is 0 Å². The summed E-state index contributed by atoms with van der Waals surface area (Å²) in [6, 6.07) is 7.27. The molecule has 0 radical (unpaired) electrons. The van der Waals surface area contributed by atoms with Crippen molar-refractivity contribution in [2.75, 3.05) is 11.9 Å². The molecule has 148 valence electrons. The lowest BCUT2D eigenvalue weighted by Crippen LogP contribution is -2.38. The monoisotopic (exact) mass is 380 g/mol. The van der Waals surface area contributed by atoms with Gasteiger partial charge in [-0.15, -0.1) is 0 Å². The minimum atomic E-state index is -0.263. The fourth-order valence-corrected chi connectivity index (χ4v) is 4.91. The lowest BCUT2D eigenvalue weighted by Gasteiger charge is -2.31. The van der Waals surface area contributed by atoms with Gasteiger partial charge in [0.25, 0.3) is 5.91 Å². The largest absolute Gasteiger partial charge is 0.339 e. The highest BCUT2D eigenvalue weighted by Gasteiger charge is 2.48. The molecule has 1 aromatic carbocycles. The second-order valence-electron chi connectivity index (χ2n) is 8.47. The Kier molecular flexibility index (Phi) is 5.09. The maximum atomic E-state index is 13.0. The van der Waals surface area contributed by atoms with Crippen LogP contribution in [0.3, 0.4) is 0 Å². The third kappa shape index (κ3) is 3.27. The minimum absolute atomic E-state index is 0.0391. The summed E-state index contributed by atoms with van der Waals surface area (Å²) in [7, 11) is 1.86. The highest BCUT2D eigenvalue weighted by Crippen LogP contribution is 2.40. The second kappa shape index (κ2) is 7.53. The number of allylic oxidation sites excluding steroid dienone is 2. The maximum absolute atomic E-state index is 13.0. The standard InChI is InChI=1S/C23H28N2O3/c1-15-11-12-19-20(13-15)23(28)25(22(19)27)18-10-6-7-16(14-18)21(26)24(2)17-8-4-3-5-9-17/h6-7,10-11,14,17,19-20H,3-5,8-9,12-13H2,1-2H3/t19-,20+/m0/s1. The van der Waals surface area contributed by atoms with E-state index < -0.39 is 0 Å². The number of carbonyl (C=O) groups excluding carboxylic acids is 3. The van der Waals surface area contributed by atoms with Crippen LogP contribution in [0, 0.1) is 11.8 Å². The Morgan fingerprint density at radius 2 is 1.79 bits per heavy atom. The van der Waals surface area contributed by atoms with E-state index in [0.717, 1.165) is 25.7 Å². The molecular formula is C23H28N2O3. The summed E-state index contributed by atoms with van der Waals surface area (Å²) < 4.78 is 0. The van der Waals surface area contributed by atoms with E-state index in [0.29, 0.717) is 24.1 Å². The summed E-state index contributed by atoms with van der Waals surface area (Å²) in [6.45, 7) is 2.01. The van der Waals surface area contributed by atoms with Gasteiger partial charge in [0.05, 0.1) is 17.5 Å². The van der Waals surface area contributed by atoms with Gasteiger partial charge in [0.2, 0.25) is 11.8 Å². The Morgan fingerprint density at radius 1 is 1.07 bits per heavy atom. The van der Waals surface area contributed by atoms with Crippen LogP contribution in [0.15, 0.2) is 35.9 Å². The van der Waals surface area contributed by atoms with Crippen molar-refractivity contribution in [1.82, 2.24) is 4.90 Å². The number of hydrogen-bond donors (Lipinski definition) is 0. The van der Waals surface area contributed by atoms with E-state index in [-0.39, 0.29) is 35.6 Å². The Balaban J connectivity index is 1.56. The number of amides is 3. The predicted octanol–water partition coefficient (Wildman–Crippen LogP) is 3.94. The lowest BCUT2D eigenvalue weighted by molar-refractivity contribution is -0.122.